The zero-order valence-corrected chi connectivity index (χ0v) is 17.6. The van der Waals surface area contributed by atoms with E-state index in [2.05, 4.69) is 15.5 Å². The highest BCUT2D eigenvalue weighted by Crippen LogP contribution is 2.25. The Labute approximate surface area is 177 Å². The van der Waals surface area contributed by atoms with Gasteiger partial charge in [0.25, 0.3) is 11.8 Å². The van der Waals surface area contributed by atoms with Crippen molar-refractivity contribution >= 4 is 17.5 Å². The van der Waals surface area contributed by atoms with Gasteiger partial charge in [-0.1, -0.05) is 24.3 Å². The summed E-state index contributed by atoms with van der Waals surface area (Å²) in [4.78, 5) is 27.8. The third kappa shape index (κ3) is 5.58. The Bertz CT molecular complexity index is 879. The van der Waals surface area contributed by atoms with Gasteiger partial charge >= 0.3 is 0 Å². The van der Waals surface area contributed by atoms with Crippen LogP contribution in [0.5, 0.6) is 5.75 Å². The van der Waals surface area contributed by atoms with Crippen LogP contribution in [0.1, 0.15) is 32.7 Å². The number of para-hydroxylation sites is 2. The number of rotatable bonds is 8. The highest BCUT2D eigenvalue weighted by Gasteiger charge is 2.17. The van der Waals surface area contributed by atoms with Gasteiger partial charge in [0.2, 0.25) is 0 Å². The van der Waals surface area contributed by atoms with Crippen molar-refractivity contribution in [3.63, 3.8) is 0 Å². The van der Waals surface area contributed by atoms with Gasteiger partial charge in [0, 0.05) is 19.6 Å². The summed E-state index contributed by atoms with van der Waals surface area (Å²) in [5.41, 5.74) is 2.20. The molecule has 2 N–H and O–H groups in total. The minimum atomic E-state index is -0.317. The van der Waals surface area contributed by atoms with E-state index >= 15 is 0 Å². The zero-order valence-electron chi connectivity index (χ0n) is 17.6. The smallest absolute Gasteiger partial charge is 0.259 e. The average molecular weight is 412 g/mol. The minimum absolute atomic E-state index is 0.205. The number of amides is 2. The van der Waals surface area contributed by atoms with Gasteiger partial charge in [0.05, 0.1) is 37.1 Å². The van der Waals surface area contributed by atoms with Crippen LogP contribution in [-0.2, 0) is 4.74 Å². The van der Waals surface area contributed by atoms with Gasteiger partial charge in [-0.2, -0.15) is 0 Å². The van der Waals surface area contributed by atoms with E-state index < -0.39 is 0 Å². The second kappa shape index (κ2) is 10.8. The number of benzene rings is 2. The molecule has 1 saturated heterocycles. The summed E-state index contributed by atoms with van der Waals surface area (Å²) in [6.07, 6.45) is 0.862. The Balaban J connectivity index is 1.60. The first-order valence-electron chi connectivity index (χ1n) is 10.2. The molecule has 0 bridgehead atoms. The van der Waals surface area contributed by atoms with Crippen LogP contribution in [-0.4, -0.2) is 63.2 Å². The maximum absolute atomic E-state index is 12.8. The fraction of sp³-hybridized carbons (Fsp3) is 0.391. The van der Waals surface area contributed by atoms with Crippen molar-refractivity contribution in [3.8, 4) is 5.75 Å². The van der Waals surface area contributed by atoms with Crippen LogP contribution in [0.3, 0.4) is 0 Å². The van der Waals surface area contributed by atoms with Crippen LogP contribution < -0.4 is 15.4 Å². The summed E-state index contributed by atoms with van der Waals surface area (Å²) < 4.78 is 10.7. The van der Waals surface area contributed by atoms with Crippen molar-refractivity contribution in [3.05, 3.63) is 59.2 Å². The number of nitrogens with one attached hydrogen (secondary N) is 2. The first kappa shape index (κ1) is 21.8. The number of hydrogen-bond acceptors (Lipinski definition) is 5. The van der Waals surface area contributed by atoms with Crippen molar-refractivity contribution in [2.24, 2.45) is 0 Å². The van der Waals surface area contributed by atoms with Crippen LogP contribution in [0.15, 0.2) is 42.5 Å². The highest BCUT2D eigenvalue weighted by atomic mass is 16.5. The standard InChI is InChI=1S/C23H29N3O4/c1-17-7-5-9-19(21(17)29-2)23(28)25-20-10-4-3-8-18(20)22(27)24-11-6-12-26-13-15-30-16-14-26/h3-5,7-10H,6,11-16H2,1-2H3,(H,24,27)(H,25,28). The summed E-state index contributed by atoms with van der Waals surface area (Å²) in [6.45, 7) is 6.79. The van der Waals surface area contributed by atoms with Gasteiger partial charge in [-0.15, -0.1) is 0 Å². The van der Waals surface area contributed by atoms with Gasteiger partial charge in [0.15, 0.2) is 0 Å². The lowest BCUT2D eigenvalue weighted by molar-refractivity contribution is 0.0374. The first-order valence-corrected chi connectivity index (χ1v) is 10.2. The number of morpholine rings is 1. The van der Waals surface area contributed by atoms with E-state index in [-0.39, 0.29) is 11.8 Å². The molecule has 2 amide bonds. The molecule has 7 nitrogen and oxygen atoms in total. The molecule has 3 rings (SSSR count). The molecule has 0 unspecified atom stereocenters. The lowest BCUT2D eigenvalue weighted by atomic mass is 10.1. The summed E-state index contributed by atoms with van der Waals surface area (Å²) >= 11 is 0. The molecule has 1 aliphatic rings. The molecule has 0 aliphatic carbocycles. The molecule has 0 radical (unpaired) electrons. The third-order valence-electron chi connectivity index (χ3n) is 5.12. The minimum Gasteiger partial charge on any atom is -0.496 e. The lowest BCUT2D eigenvalue weighted by Gasteiger charge is -2.26. The topological polar surface area (TPSA) is 79.9 Å². The molecule has 0 saturated carbocycles. The Morgan fingerprint density at radius 2 is 1.77 bits per heavy atom. The first-order chi connectivity index (χ1) is 14.6. The van der Waals surface area contributed by atoms with Gasteiger partial charge in [-0.05, 0) is 43.7 Å². The van der Waals surface area contributed by atoms with Crippen LogP contribution in [0.2, 0.25) is 0 Å². The predicted octanol–water partition coefficient (Wildman–Crippen LogP) is 2.71. The van der Waals surface area contributed by atoms with Gasteiger partial charge in [-0.3, -0.25) is 14.5 Å². The molecule has 0 spiro atoms. The van der Waals surface area contributed by atoms with E-state index in [9.17, 15) is 9.59 Å². The molecular weight excluding hydrogens is 382 g/mol. The molecule has 0 atom stereocenters. The normalized spacial score (nSPS) is 14.2. The number of carbonyl (C=O) groups excluding carboxylic acids is 2. The molecule has 160 valence electrons. The van der Waals surface area contributed by atoms with E-state index in [1.807, 2.05) is 13.0 Å². The number of hydrogen-bond donors (Lipinski definition) is 2. The number of anilines is 1. The van der Waals surface area contributed by atoms with Crippen molar-refractivity contribution < 1.29 is 19.1 Å². The monoisotopic (exact) mass is 411 g/mol. The van der Waals surface area contributed by atoms with Crippen molar-refractivity contribution in [2.45, 2.75) is 13.3 Å². The Morgan fingerprint density at radius 1 is 1.03 bits per heavy atom. The average Bonchev–Trinajstić information content (AvgIpc) is 2.77. The number of nitrogens with zero attached hydrogens (tertiary/aromatic N) is 1. The maximum Gasteiger partial charge on any atom is 0.259 e. The van der Waals surface area contributed by atoms with Crippen molar-refractivity contribution in [1.82, 2.24) is 10.2 Å². The van der Waals surface area contributed by atoms with E-state index in [1.165, 1.54) is 7.11 Å². The SMILES string of the molecule is COc1c(C)cccc1C(=O)Nc1ccccc1C(=O)NCCCN1CCOCC1. The molecule has 1 aliphatic heterocycles. The van der Waals surface area contributed by atoms with Crippen LogP contribution in [0.4, 0.5) is 5.69 Å². The number of carbonyl (C=O) groups is 2. The van der Waals surface area contributed by atoms with E-state index in [0.29, 0.717) is 29.1 Å². The van der Waals surface area contributed by atoms with Crippen LogP contribution in [0, 0.1) is 6.92 Å². The van der Waals surface area contributed by atoms with E-state index in [4.69, 9.17) is 9.47 Å². The highest BCUT2D eigenvalue weighted by molar-refractivity contribution is 6.10. The maximum atomic E-state index is 12.8. The molecule has 30 heavy (non-hydrogen) atoms. The summed E-state index contributed by atoms with van der Waals surface area (Å²) in [5.74, 6) is 0.00671. The Morgan fingerprint density at radius 3 is 2.53 bits per heavy atom. The van der Waals surface area contributed by atoms with Crippen LogP contribution >= 0.6 is 0 Å². The number of ether oxygens (including phenoxy) is 2. The summed E-state index contributed by atoms with van der Waals surface area (Å²) in [7, 11) is 1.54. The fourth-order valence-corrected chi connectivity index (χ4v) is 3.51. The number of aryl methyl sites for hydroxylation is 1. The van der Waals surface area contributed by atoms with E-state index in [1.54, 1.807) is 36.4 Å². The van der Waals surface area contributed by atoms with E-state index in [0.717, 1.165) is 44.8 Å². The summed E-state index contributed by atoms with van der Waals surface area (Å²) in [5, 5.41) is 5.80. The number of methoxy groups -OCH3 is 1. The second-order valence-corrected chi connectivity index (χ2v) is 7.22. The van der Waals surface area contributed by atoms with Crippen molar-refractivity contribution in [2.75, 3.05) is 51.8 Å². The summed E-state index contributed by atoms with van der Waals surface area (Å²) in [6, 6.07) is 12.4. The van der Waals surface area contributed by atoms with Gasteiger partial charge in [-0.25, -0.2) is 0 Å². The van der Waals surface area contributed by atoms with Crippen LogP contribution in [0.25, 0.3) is 0 Å². The molecule has 2 aromatic carbocycles. The largest absolute Gasteiger partial charge is 0.496 e. The van der Waals surface area contributed by atoms with Gasteiger partial charge < -0.3 is 20.1 Å². The Kier molecular flexibility index (Phi) is 7.82. The molecular formula is C23H29N3O4. The van der Waals surface area contributed by atoms with Crippen molar-refractivity contribution in [1.29, 1.82) is 0 Å². The fourth-order valence-electron chi connectivity index (χ4n) is 3.51. The molecule has 1 fully saturated rings. The lowest BCUT2D eigenvalue weighted by Crippen LogP contribution is -2.38. The zero-order chi connectivity index (χ0) is 21.3. The predicted molar refractivity (Wildman–Crippen MR) is 116 cm³/mol. The molecule has 0 aromatic heterocycles. The quantitative estimate of drug-likeness (QED) is 0.653. The third-order valence-corrected chi connectivity index (χ3v) is 5.12. The molecule has 2 aromatic rings. The second-order valence-electron chi connectivity index (χ2n) is 7.22. The molecule has 1 heterocycles. The van der Waals surface area contributed by atoms with Gasteiger partial charge in [0.1, 0.15) is 5.75 Å². The molecule has 7 heteroatoms. The Hall–Kier alpha value is -2.90.